The minimum Gasteiger partial charge on any atom is -0.357 e. The van der Waals surface area contributed by atoms with Crippen molar-refractivity contribution in [3.05, 3.63) is 44.2 Å². The third kappa shape index (κ3) is 1.80. The molecule has 0 atom stereocenters. The minimum absolute atomic E-state index is 0.0938. The predicted octanol–water partition coefficient (Wildman–Crippen LogP) is 3.72. The molecule has 1 heterocycles. The van der Waals surface area contributed by atoms with Crippen molar-refractivity contribution in [2.45, 2.75) is 26.7 Å². The van der Waals surface area contributed by atoms with E-state index in [1.54, 1.807) is 6.07 Å². The summed E-state index contributed by atoms with van der Waals surface area (Å²) in [5.41, 5.74) is 2.98. The van der Waals surface area contributed by atoms with Crippen molar-refractivity contribution in [1.29, 1.82) is 0 Å². The topological polar surface area (TPSA) is 32.9 Å². The van der Waals surface area contributed by atoms with Crippen LogP contribution in [0.25, 0.3) is 10.9 Å². The van der Waals surface area contributed by atoms with Gasteiger partial charge in [-0.1, -0.05) is 19.9 Å². The largest absolute Gasteiger partial charge is 0.357 e. The summed E-state index contributed by atoms with van der Waals surface area (Å²) < 4.78 is 0.938. The van der Waals surface area contributed by atoms with E-state index in [1.165, 1.54) is 0 Å². The normalized spacial score (nSPS) is 11.3. The summed E-state index contributed by atoms with van der Waals surface area (Å²) in [6, 6.07) is 5.63. The molecule has 1 N–H and O–H groups in total. The van der Waals surface area contributed by atoms with Gasteiger partial charge in [0.1, 0.15) is 0 Å². The van der Waals surface area contributed by atoms with E-state index in [-0.39, 0.29) is 5.43 Å². The molecular formula is C13H14BrNO. The fourth-order valence-corrected chi connectivity index (χ4v) is 2.26. The molecule has 0 aliphatic carbocycles. The van der Waals surface area contributed by atoms with Crippen LogP contribution in [0.15, 0.2) is 27.5 Å². The molecule has 1 aromatic heterocycles. The summed E-state index contributed by atoms with van der Waals surface area (Å²) in [6.07, 6.45) is 0. The Morgan fingerprint density at radius 2 is 2.00 bits per heavy atom. The highest BCUT2D eigenvalue weighted by Gasteiger charge is 2.09. The van der Waals surface area contributed by atoms with Gasteiger partial charge in [0, 0.05) is 21.6 Å². The molecule has 0 aliphatic rings. The smallest absolute Gasteiger partial charge is 0.189 e. The van der Waals surface area contributed by atoms with Gasteiger partial charge in [0.25, 0.3) is 0 Å². The molecule has 16 heavy (non-hydrogen) atoms. The van der Waals surface area contributed by atoms with Crippen molar-refractivity contribution in [3.63, 3.8) is 0 Å². The van der Waals surface area contributed by atoms with Gasteiger partial charge in [-0.05, 0) is 40.4 Å². The van der Waals surface area contributed by atoms with Crippen LogP contribution < -0.4 is 5.43 Å². The number of hydrogen-bond donors (Lipinski definition) is 1. The van der Waals surface area contributed by atoms with E-state index in [0.29, 0.717) is 5.92 Å². The maximum absolute atomic E-state index is 12.0. The molecule has 0 spiro atoms. The molecule has 2 aromatic rings. The van der Waals surface area contributed by atoms with Crippen LogP contribution in [0.2, 0.25) is 0 Å². The van der Waals surface area contributed by atoms with Crippen LogP contribution in [0.1, 0.15) is 31.0 Å². The van der Waals surface area contributed by atoms with E-state index in [4.69, 9.17) is 0 Å². The van der Waals surface area contributed by atoms with Crippen molar-refractivity contribution < 1.29 is 0 Å². The number of aromatic nitrogens is 1. The standard InChI is InChI=1S/C13H14BrNO/c1-7(2)10-6-11(16)12-8(3)4-5-9(14)13(12)15-10/h4-7H,1-3H3,(H,15,16). The second-order valence-electron chi connectivity index (χ2n) is 4.36. The van der Waals surface area contributed by atoms with Crippen molar-refractivity contribution in [3.8, 4) is 0 Å². The predicted molar refractivity (Wildman–Crippen MR) is 71.1 cm³/mol. The van der Waals surface area contributed by atoms with E-state index in [1.807, 2.05) is 19.1 Å². The number of nitrogens with one attached hydrogen (secondary N) is 1. The Morgan fingerprint density at radius 1 is 1.31 bits per heavy atom. The average Bonchev–Trinajstić information content (AvgIpc) is 2.22. The van der Waals surface area contributed by atoms with E-state index >= 15 is 0 Å². The summed E-state index contributed by atoms with van der Waals surface area (Å²) in [4.78, 5) is 15.4. The van der Waals surface area contributed by atoms with E-state index in [9.17, 15) is 4.79 Å². The van der Waals surface area contributed by atoms with Crippen LogP contribution in [0.3, 0.4) is 0 Å². The molecule has 2 nitrogen and oxygen atoms in total. The molecule has 2 rings (SSSR count). The van der Waals surface area contributed by atoms with Gasteiger partial charge in [-0.25, -0.2) is 0 Å². The van der Waals surface area contributed by atoms with Gasteiger partial charge in [-0.3, -0.25) is 4.79 Å². The number of halogens is 1. The van der Waals surface area contributed by atoms with Crippen LogP contribution in [-0.4, -0.2) is 4.98 Å². The molecule has 0 fully saturated rings. The number of hydrogen-bond acceptors (Lipinski definition) is 1. The second-order valence-corrected chi connectivity index (χ2v) is 5.21. The zero-order valence-electron chi connectivity index (χ0n) is 9.60. The number of benzene rings is 1. The number of aromatic amines is 1. The fraction of sp³-hybridized carbons (Fsp3) is 0.308. The van der Waals surface area contributed by atoms with Crippen molar-refractivity contribution in [1.82, 2.24) is 4.98 Å². The highest BCUT2D eigenvalue weighted by Crippen LogP contribution is 2.24. The number of H-pyrrole nitrogens is 1. The molecule has 0 saturated carbocycles. The Kier molecular flexibility index (Phi) is 2.89. The second kappa shape index (κ2) is 4.06. The van der Waals surface area contributed by atoms with Crippen LogP contribution >= 0.6 is 15.9 Å². The zero-order chi connectivity index (χ0) is 11.9. The van der Waals surface area contributed by atoms with Gasteiger partial charge < -0.3 is 4.98 Å². The molecule has 0 radical (unpaired) electrons. The Labute approximate surface area is 103 Å². The van der Waals surface area contributed by atoms with Crippen LogP contribution in [-0.2, 0) is 0 Å². The van der Waals surface area contributed by atoms with Crippen molar-refractivity contribution >= 4 is 26.8 Å². The minimum atomic E-state index is 0.0938. The Balaban J connectivity index is 2.92. The molecule has 0 amide bonds. The zero-order valence-corrected chi connectivity index (χ0v) is 11.2. The molecule has 0 saturated heterocycles. The Morgan fingerprint density at radius 3 is 2.62 bits per heavy atom. The monoisotopic (exact) mass is 279 g/mol. The summed E-state index contributed by atoms with van der Waals surface area (Å²) in [5, 5.41) is 0.777. The Bertz CT molecular complexity index is 599. The highest BCUT2D eigenvalue weighted by atomic mass is 79.9. The maximum Gasteiger partial charge on any atom is 0.189 e. The molecule has 84 valence electrons. The lowest BCUT2D eigenvalue weighted by atomic mass is 10.1. The highest BCUT2D eigenvalue weighted by molar-refractivity contribution is 9.10. The summed E-state index contributed by atoms with van der Waals surface area (Å²) in [7, 11) is 0. The number of rotatable bonds is 1. The summed E-state index contributed by atoms with van der Waals surface area (Å²) >= 11 is 3.48. The van der Waals surface area contributed by atoms with Gasteiger partial charge in [0.05, 0.1) is 5.52 Å². The lowest BCUT2D eigenvalue weighted by Gasteiger charge is -2.09. The number of aryl methyl sites for hydroxylation is 1. The van der Waals surface area contributed by atoms with E-state index in [2.05, 4.69) is 34.8 Å². The number of pyridine rings is 1. The molecule has 1 aromatic carbocycles. The van der Waals surface area contributed by atoms with E-state index in [0.717, 1.165) is 26.6 Å². The Hall–Kier alpha value is -1.09. The first-order chi connectivity index (χ1) is 7.50. The average molecular weight is 280 g/mol. The summed E-state index contributed by atoms with van der Waals surface area (Å²) in [6.45, 7) is 6.10. The van der Waals surface area contributed by atoms with Gasteiger partial charge in [0.15, 0.2) is 5.43 Å². The summed E-state index contributed by atoms with van der Waals surface area (Å²) in [5.74, 6) is 0.324. The lowest BCUT2D eigenvalue weighted by Crippen LogP contribution is -2.08. The molecular weight excluding hydrogens is 266 g/mol. The molecule has 0 unspecified atom stereocenters. The molecule has 0 aliphatic heterocycles. The third-order valence-electron chi connectivity index (χ3n) is 2.79. The first kappa shape index (κ1) is 11.4. The van der Waals surface area contributed by atoms with Crippen LogP contribution in [0.5, 0.6) is 0 Å². The number of fused-ring (bicyclic) bond motifs is 1. The SMILES string of the molecule is Cc1ccc(Br)c2[nH]c(C(C)C)cc(=O)c12. The molecule has 0 bridgehead atoms. The maximum atomic E-state index is 12.0. The fourth-order valence-electron chi connectivity index (χ4n) is 1.83. The van der Waals surface area contributed by atoms with Gasteiger partial charge >= 0.3 is 0 Å². The first-order valence-electron chi connectivity index (χ1n) is 5.32. The van der Waals surface area contributed by atoms with Crippen molar-refractivity contribution in [2.24, 2.45) is 0 Å². The molecule has 3 heteroatoms. The van der Waals surface area contributed by atoms with Gasteiger partial charge in [-0.2, -0.15) is 0 Å². The van der Waals surface area contributed by atoms with Crippen LogP contribution in [0, 0.1) is 6.92 Å². The first-order valence-corrected chi connectivity index (χ1v) is 6.12. The van der Waals surface area contributed by atoms with Crippen molar-refractivity contribution in [2.75, 3.05) is 0 Å². The van der Waals surface area contributed by atoms with Gasteiger partial charge in [-0.15, -0.1) is 0 Å². The van der Waals surface area contributed by atoms with E-state index < -0.39 is 0 Å². The quantitative estimate of drug-likeness (QED) is 0.848. The third-order valence-corrected chi connectivity index (χ3v) is 3.45. The van der Waals surface area contributed by atoms with Gasteiger partial charge in [0.2, 0.25) is 0 Å². The lowest BCUT2D eigenvalue weighted by molar-refractivity contribution is 0.828. The van der Waals surface area contributed by atoms with Crippen LogP contribution in [0.4, 0.5) is 0 Å².